The zero-order valence-corrected chi connectivity index (χ0v) is 7.25. The van der Waals surface area contributed by atoms with Crippen LogP contribution in [0.1, 0.15) is 16.8 Å². The third-order valence-corrected chi connectivity index (χ3v) is 2.46. The lowest BCUT2D eigenvalue weighted by molar-refractivity contribution is 1.15. The Morgan fingerprint density at radius 3 is 3.23 bits per heavy atom. The SMILES string of the molecule is C1=Cc2cc3c(nc2NC1)C=CC3. The van der Waals surface area contributed by atoms with Crippen molar-refractivity contribution in [3.63, 3.8) is 0 Å². The minimum Gasteiger partial charge on any atom is -0.366 e. The Bertz CT molecular complexity index is 416. The van der Waals surface area contributed by atoms with Gasteiger partial charge in [0.15, 0.2) is 0 Å². The van der Waals surface area contributed by atoms with Gasteiger partial charge in [-0.05, 0) is 24.1 Å². The molecule has 1 aromatic rings. The maximum atomic E-state index is 4.54. The highest BCUT2D eigenvalue weighted by Crippen LogP contribution is 2.25. The molecular weight excluding hydrogens is 160 g/mol. The molecule has 1 aromatic heterocycles. The summed E-state index contributed by atoms with van der Waals surface area (Å²) in [6.07, 6.45) is 9.54. The van der Waals surface area contributed by atoms with E-state index in [2.05, 4.69) is 40.7 Å². The Morgan fingerprint density at radius 1 is 1.23 bits per heavy atom. The number of nitrogens with one attached hydrogen (secondary N) is 1. The highest BCUT2D eigenvalue weighted by Gasteiger charge is 2.12. The molecule has 2 heterocycles. The third-order valence-electron chi connectivity index (χ3n) is 2.46. The van der Waals surface area contributed by atoms with E-state index in [-0.39, 0.29) is 0 Å². The molecule has 0 unspecified atom stereocenters. The molecule has 3 rings (SSSR count). The predicted molar refractivity (Wildman–Crippen MR) is 54.5 cm³/mol. The standard InChI is InChI=1S/C11H10N2/c1-3-8-7-9-4-2-6-12-11(9)13-10(8)5-1/h1-2,4-5,7H,3,6H2,(H,12,13). The lowest BCUT2D eigenvalue weighted by atomic mass is 10.1. The van der Waals surface area contributed by atoms with Crippen LogP contribution >= 0.6 is 0 Å². The fourth-order valence-corrected chi connectivity index (χ4v) is 1.80. The average Bonchev–Trinajstić information content (AvgIpc) is 2.61. The Balaban J connectivity index is 2.21. The van der Waals surface area contributed by atoms with E-state index < -0.39 is 0 Å². The predicted octanol–water partition coefficient (Wildman–Crippen LogP) is 2.09. The van der Waals surface area contributed by atoms with Crippen LogP contribution in [0, 0.1) is 0 Å². The number of hydrogen-bond donors (Lipinski definition) is 1. The van der Waals surface area contributed by atoms with E-state index in [1.807, 2.05) is 0 Å². The van der Waals surface area contributed by atoms with Crippen molar-refractivity contribution in [3.05, 3.63) is 35.0 Å². The van der Waals surface area contributed by atoms with E-state index in [0.717, 1.165) is 24.5 Å². The summed E-state index contributed by atoms with van der Waals surface area (Å²) in [6, 6.07) is 2.22. The van der Waals surface area contributed by atoms with Gasteiger partial charge in [0.2, 0.25) is 0 Å². The first kappa shape index (κ1) is 6.89. The van der Waals surface area contributed by atoms with E-state index >= 15 is 0 Å². The summed E-state index contributed by atoms with van der Waals surface area (Å²) in [7, 11) is 0. The highest BCUT2D eigenvalue weighted by atomic mass is 15.0. The summed E-state index contributed by atoms with van der Waals surface area (Å²) in [6.45, 7) is 0.891. The first-order valence-electron chi connectivity index (χ1n) is 4.54. The summed E-state index contributed by atoms with van der Waals surface area (Å²) in [5, 5.41) is 3.26. The van der Waals surface area contributed by atoms with E-state index in [9.17, 15) is 0 Å². The van der Waals surface area contributed by atoms with Gasteiger partial charge < -0.3 is 5.32 Å². The van der Waals surface area contributed by atoms with Crippen LogP contribution in [-0.2, 0) is 6.42 Å². The topological polar surface area (TPSA) is 24.9 Å². The molecule has 0 radical (unpaired) electrons. The molecule has 0 aromatic carbocycles. The summed E-state index contributed by atoms with van der Waals surface area (Å²) in [5.74, 6) is 1.02. The van der Waals surface area contributed by atoms with Gasteiger partial charge in [0.1, 0.15) is 5.82 Å². The largest absolute Gasteiger partial charge is 0.366 e. The summed E-state index contributed by atoms with van der Waals surface area (Å²) in [5.41, 5.74) is 3.68. The molecule has 2 aliphatic rings. The van der Waals surface area contributed by atoms with Crippen LogP contribution in [0.25, 0.3) is 12.2 Å². The maximum absolute atomic E-state index is 4.54. The molecule has 13 heavy (non-hydrogen) atoms. The number of fused-ring (bicyclic) bond motifs is 2. The fraction of sp³-hybridized carbons (Fsp3) is 0.182. The van der Waals surface area contributed by atoms with Crippen molar-refractivity contribution in [2.24, 2.45) is 0 Å². The van der Waals surface area contributed by atoms with Gasteiger partial charge in [-0.15, -0.1) is 0 Å². The van der Waals surface area contributed by atoms with Crippen LogP contribution in [-0.4, -0.2) is 11.5 Å². The zero-order chi connectivity index (χ0) is 8.67. The monoisotopic (exact) mass is 170 g/mol. The van der Waals surface area contributed by atoms with Crippen LogP contribution < -0.4 is 5.32 Å². The first-order valence-corrected chi connectivity index (χ1v) is 4.54. The molecule has 2 heteroatoms. The molecular formula is C11H10N2. The Hall–Kier alpha value is -1.57. The number of anilines is 1. The Morgan fingerprint density at radius 2 is 2.23 bits per heavy atom. The van der Waals surface area contributed by atoms with Gasteiger partial charge in [0.05, 0.1) is 5.69 Å². The molecule has 1 aliphatic heterocycles. The first-order chi connectivity index (χ1) is 6.43. The zero-order valence-electron chi connectivity index (χ0n) is 7.25. The molecule has 2 nitrogen and oxygen atoms in total. The number of pyridine rings is 1. The van der Waals surface area contributed by atoms with Gasteiger partial charge in [0, 0.05) is 12.1 Å². The van der Waals surface area contributed by atoms with Gasteiger partial charge in [-0.2, -0.15) is 0 Å². The molecule has 0 bridgehead atoms. The molecule has 0 atom stereocenters. The average molecular weight is 170 g/mol. The second kappa shape index (κ2) is 2.46. The fourth-order valence-electron chi connectivity index (χ4n) is 1.80. The van der Waals surface area contributed by atoms with E-state index in [1.54, 1.807) is 0 Å². The van der Waals surface area contributed by atoms with Crippen LogP contribution in [0.5, 0.6) is 0 Å². The number of hydrogen-bond acceptors (Lipinski definition) is 2. The molecule has 64 valence electrons. The number of aromatic nitrogens is 1. The quantitative estimate of drug-likeness (QED) is 0.645. The van der Waals surface area contributed by atoms with Crippen molar-refractivity contribution in [3.8, 4) is 0 Å². The van der Waals surface area contributed by atoms with E-state index in [1.165, 1.54) is 11.1 Å². The van der Waals surface area contributed by atoms with Gasteiger partial charge in [-0.25, -0.2) is 4.98 Å². The number of rotatable bonds is 0. The van der Waals surface area contributed by atoms with E-state index in [4.69, 9.17) is 0 Å². The summed E-state index contributed by atoms with van der Waals surface area (Å²) in [4.78, 5) is 4.54. The van der Waals surface area contributed by atoms with Crippen molar-refractivity contribution < 1.29 is 0 Å². The molecule has 0 saturated carbocycles. The molecule has 0 saturated heterocycles. The van der Waals surface area contributed by atoms with Crippen molar-refractivity contribution in [1.29, 1.82) is 0 Å². The second-order valence-corrected chi connectivity index (χ2v) is 3.36. The van der Waals surface area contributed by atoms with Gasteiger partial charge in [0.25, 0.3) is 0 Å². The minimum atomic E-state index is 0.891. The van der Waals surface area contributed by atoms with Crippen LogP contribution in [0.4, 0.5) is 5.82 Å². The number of nitrogens with zero attached hydrogens (tertiary/aromatic N) is 1. The molecule has 0 amide bonds. The maximum Gasteiger partial charge on any atom is 0.134 e. The molecule has 1 N–H and O–H groups in total. The number of allylic oxidation sites excluding steroid dienone is 1. The van der Waals surface area contributed by atoms with E-state index in [0.29, 0.717) is 0 Å². The second-order valence-electron chi connectivity index (χ2n) is 3.36. The molecule has 1 aliphatic carbocycles. The lowest BCUT2D eigenvalue weighted by Crippen LogP contribution is -2.07. The van der Waals surface area contributed by atoms with Crippen LogP contribution in [0.3, 0.4) is 0 Å². The summed E-state index contributed by atoms with van der Waals surface area (Å²) < 4.78 is 0. The normalized spacial score (nSPS) is 16.6. The van der Waals surface area contributed by atoms with Crippen molar-refractivity contribution in [2.75, 3.05) is 11.9 Å². The van der Waals surface area contributed by atoms with Crippen molar-refractivity contribution in [1.82, 2.24) is 4.98 Å². The highest BCUT2D eigenvalue weighted by molar-refractivity contribution is 5.71. The Labute approximate surface area is 77.0 Å². The lowest BCUT2D eigenvalue weighted by Gasteiger charge is -2.13. The van der Waals surface area contributed by atoms with Crippen molar-refractivity contribution in [2.45, 2.75) is 6.42 Å². The van der Waals surface area contributed by atoms with Crippen LogP contribution in [0.2, 0.25) is 0 Å². The molecule has 0 fully saturated rings. The van der Waals surface area contributed by atoms with Gasteiger partial charge in [-0.3, -0.25) is 0 Å². The van der Waals surface area contributed by atoms with Gasteiger partial charge >= 0.3 is 0 Å². The van der Waals surface area contributed by atoms with Gasteiger partial charge in [-0.1, -0.05) is 18.2 Å². The minimum absolute atomic E-state index is 0.891. The Kier molecular flexibility index (Phi) is 1.30. The van der Waals surface area contributed by atoms with Crippen LogP contribution in [0.15, 0.2) is 18.2 Å². The summed E-state index contributed by atoms with van der Waals surface area (Å²) >= 11 is 0. The van der Waals surface area contributed by atoms with Crippen molar-refractivity contribution >= 4 is 18.0 Å². The smallest absolute Gasteiger partial charge is 0.134 e. The molecule has 0 spiro atoms. The third kappa shape index (κ3) is 0.985.